The third-order valence-corrected chi connectivity index (χ3v) is 7.07. The number of thioether (sulfide) groups is 1. The second-order valence-corrected chi connectivity index (χ2v) is 9.14. The van der Waals surface area contributed by atoms with Gasteiger partial charge in [-0.05, 0) is 19.3 Å². The summed E-state index contributed by atoms with van der Waals surface area (Å²) in [5.74, 6) is 1.10. The van der Waals surface area contributed by atoms with E-state index in [1.54, 1.807) is 0 Å². The van der Waals surface area contributed by atoms with E-state index in [-0.39, 0.29) is 11.7 Å². The van der Waals surface area contributed by atoms with Crippen LogP contribution in [0.1, 0.15) is 33.1 Å². The van der Waals surface area contributed by atoms with Crippen molar-refractivity contribution in [1.29, 1.82) is 0 Å². The van der Waals surface area contributed by atoms with Gasteiger partial charge in [0.2, 0.25) is 15.9 Å². The third-order valence-electron chi connectivity index (χ3n) is 3.86. The number of sulfonamides is 1. The Morgan fingerprint density at radius 2 is 2.10 bits per heavy atom. The van der Waals surface area contributed by atoms with Crippen LogP contribution in [0.3, 0.4) is 0 Å². The molecule has 0 aliphatic carbocycles. The van der Waals surface area contributed by atoms with Gasteiger partial charge in [-0.2, -0.15) is 16.1 Å². The topological polar surface area (TPSA) is 57.7 Å². The predicted octanol–water partition coefficient (Wildman–Crippen LogP) is 1.15. The molecule has 0 radical (unpaired) electrons. The summed E-state index contributed by atoms with van der Waals surface area (Å²) in [6.07, 6.45) is 2.05. The summed E-state index contributed by atoms with van der Waals surface area (Å²) in [7, 11) is -3.28. The predicted molar refractivity (Wildman–Crippen MR) is 82.3 cm³/mol. The molecule has 2 fully saturated rings. The Bertz CT molecular complexity index is 453. The van der Waals surface area contributed by atoms with Crippen molar-refractivity contribution in [3.63, 3.8) is 0 Å². The third kappa shape index (κ3) is 3.49. The molecular weight excluding hydrogens is 296 g/mol. The first-order valence-corrected chi connectivity index (χ1v) is 10.0. The minimum Gasteiger partial charge on any atom is -0.339 e. The molecule has 0 bridgehead atoms. The van der Waals surface area contributed by atoms with Crippen molar-refractivity contribution in [2.24, 2.45) is 0 Å². The number of hydrogen-bond donors (Lipinski definition) is 0. The molecule has 2 aliphatic heterocycles. The van der Waals surface area contributed by atoms with Crippen molar-refractivity contribution < 1.29 is 13.2 Å². The van der Waals surface area contributed by atoms with Crippen LogP contribution in [-0.4, -0.2) is 66.0 Å². The van der Waals surface area contributed by atoms with E-state index in [0.717, 1.165) is 25.3 Å². The zero-order chi connectivity index (χ0) is 14.8. The van der Waals surface area contributed by atoms with Crippen LogP contribution in [0.25, 0.3) is 0 Å². The molecular formula is C13H24N2O3S2. The quantitative estimate of drug-likeness (QED) is 0.780. The smallest absolute Gasteiger partial charge is 0.241 e. The lowest BCUT2D eigenvalue weighted by Crippen LogP contribution is -2.51. The van der Waals surface area contributed by atoms with Crippen molar-refractivity contribution in [2.45, 2.75) is 44.4 Å². The Labute approximate surface area is 126 Å². The largest absolute Gasteiger partial charge is 0.339 e. The molecule has 2 atom stereocenters. The lowest BCUT2D eigenvalue weighted by molar-refractivity contribution is -0.134. The highest BCUT2D eigenvalue weighted by atomic mass is 32.2. The molecule has 2 heterocycles. The number of hydrogen-bond acceptors (Lipinski definition) is 4. The van der Waals surface area contributed by atoms with E-state index in [0.29, 0.717) is 24.6 Å². The summed E-state index contributed by atoms with van der Waals surface area (Å²) >= 11 is 1.87. The zero-order valence-corrected chi connectivity index (χ0v) is 13.9. The summed E-state index contributed by atoms with van der Waals surface area (Å²) in [5, 5.41) is 0.440. The monoisotopic (exact) mass is 320 g/mol. The number of nitrogens with zero attached hydrogens (tertiary/aromatic N) is 2. The number of rotatable bonds is 4. The molecule has 0 spiro atoms. The van der Waals surface area contributed by atoms with Crippen LogP contribution in [0.2, 0.25) is 0 Å². The molecule has 20 heavy (non-hydrogen) atoms. The molecule has 1 amide bonds. The van der Waals surface area contributed by atoms with E-state index in [1.165, 1.54) is 4.31 Å². The maximum absolute atomic E-state index is 12.6. The van der Waals surface area contributed by atoms with Crippen molar-refractivity contribution >= 4 is 27.7 Å². The van der Waals surface area contributed by atoms with E-state index in [4.69, 9.17) is 0 Å². The van der Waals surface area contributed by atoms with Crippen LogP contribution in [0.5, 0.6) is 0 Å². The van der Waals surface area contributed by atoms with Crippen molar-refractivity contribution in [3.8, 4) is 0 Å². The molecule has 0 saturated carbocycles. The molecule has 116 valence electrons. The Balaban J connectivity index is 2.08. The molecule has 2 rings (SSSR count). The van der Waals surface area contributed by atoms with E-state index in [1.807, 2.05) is 23.6 Å². The van der Waals surface area contributed by atoms with Crippen molar-refractivity contribution in [3.05, 3.63) is 0 Å². The Morgan fingerprint density at radius 1 is 1.35 bits per heavy atom. The summed E-state index contributed by atoms with van der Waals surface area (Å²) in [5.41, 5.74) is 0. The van der Waals surface area contributed by atoms with Crippen molar-refractivity contribution in [1.82, 2.24) is 9.21 Å². The zero-order valence-electron chi connectivity index (χ0n) is 12.2. The molecule has 2 aliphatic rings. The molecule has 0 N–H and O–H groups in total. The van der Waals surface area contributed by atoms with Gasteiger partial charge >= 0.3 is 0 Å². The molecule has 7 heteroatoms. The van der Waals surface area contributed by atoms with Gasteiger partial charge in [-0.3, -0.25) is 4.79 Å². The van der Waals surface area contributed by atoms with Gasteiger partial charge in [-0.1, -0.05) is 13.8 Å². The summed E-state index contributed by atoms with van der Waals surface area (Å²) in [6, 6.07) is -0.457. The fourth-order valence-electron chi connectivity index (χ4n) is 2.92. The Kier molecular flexibility index (Phi) is 5.36. The standard InChI is InChI=1S/C13H24N2O3S2/c1-3-9-20(17,18)15-6-4-5-12(15)13(16)14-7-8-19-11(2)10-14/h11-12H,3-10H2,1-2H3/t11-,12-/m0/s1. The molecule has 0 unspecified atom stereocenters. The first kappa shape index (κ1) is 16.1. The van der Waals surface area contributed by atoms with Gasteiger partial charge in [-0.25, -0.2) is 8.42 Å². The van der Waals surface area contributed by atoms with Crippen LogP contribution in [-0.2, 0) is 14.8 Å². The van der Waals surface area contributed by atoms with Crippen LogP contribution in [0.4, 0.5) is 0 Å². The average molecular weight is 320 g/mol. The van der Waals surface area contributed by atoms with Gasteiger partial charge in [0.1, 0.15) is 6.04 Å². The van der Waals surface area contributed by atoms with Gasteiger partial charge in [0.15, 0.2) is 0 Å². The van der Waals surface area contributed by atoms with Crippen LogP contribution in [0, 0.1) is 0 Å². The van der Waals surface area contributed by atoms with Gasteiger partial charge in [0.25, 0.3) is 0 Å². The van der Waals surface area contributed by atoms with E-state index >= 15 is 0 Å². The fourth-order valence-corrected chi connectivity index (χ4v) is 5.68. The van der Waals surface area contributed by atoms with Crippen LogP contribution >= 0.6 is 11.8 Å². The number of amides is 1. The second-order valence-electron chi connectivity index (χ2n) is 5.55. The first-order valence-electron chi connectivity index (χ1n) is 7.35. The van der Waals surface area contributed by atoms with Gasteiger partial charge in [0.05, 0.1) is 5.75 Å². The molecule has 0 aromatic carbocycles. The van der Waals surface area contributed by atoms with E-state index in [9.17, 15) is 13.2 Å². The van der Waals surface area contributed by atoms with Gasteiger partial charge in [0, 0.05) is 30.6 Å². The summed E-state index contributed by atoms with van der Waals surface area (Å²) < 4.78 is 25.9. The maximum Gasteiger partial charge on any atom is 0.241 e. The highest BCUT2D eigenvalue weighted by molar-refractivity contribution is 8.00. The summed E-state index contributed by atoms with van der Waals surface area (Å²) in [6.45, 7) is 5.95. The fraction of sp³-hybridized carbons (Fsp3) is 0.923. The SMILES string of the molecule is CCCS(=O)(=O)N1CCC[C@H]1C(=O)N1CCS[C@@H](C)C1. The lowest BCUT2D eigenvalue weighted by atomic mass is 10.2. The second kappa shape index (κ2) is 6.66. The minimum atomic E-state index is -3.28. The number of carbonyl (C=O) groups is 1. The minimum absolute atomic E-state index is 0.00864. The highest BCUT2D eigenvalue weighted by Crippen LogP contribution is 2.26. The number of carbonyl (C=O) groups excluding carboxylic acids is 1. The Morgan fingerprint density at radius 3 is 2.75 bits per heavy atom. The van der Waals surface area contributed by atoms with Crippen LogP contribution < -0.4 is 0 Å². The maximum atomic E-state index is 12.6. The normalized spacial score (nSPS) is 28.8. The Hall–Kier alpha value is -0.270. The van der Waals surface area contributed by atoms with Crippen molar-refractivity contribution in [2.75, 3.05) is 31.1 Å². The van der Waals surface area contributed by atoms with Gasteiger partial charge in [-0.15, -0.1) is 0 Å². The average Bonchev–Trinajstić information content (AvgIpc) is 2.87. The highest BCUT2D eigenvalue weighted by Gasteiger charge is 2.40. The molecule has 2 saturated heterocycles. The first-order chi connectivity index (χ1) is 9.45. The van der Waals surface area contributed by atoms with Crippen LogP contribution in [0.15, 0.2) is 0 Å². The van der Waals surface area contributed by atoms with E-state index in [2.05, 4.69) is 6.92 Å². The lowest BCUT2D eigenvalue weighted by Gasteiger charge is -2.34. The van der Waals surface area contributed by atoms with E-state index < -0.39 is 16.1 Å². The summed E-state index contributed by atoms with van der Waals surface area (Å²) in [4.78, 5) is 14.5. The van der Waals surface area contributed by atoms with Gasteiger partial charge < -0.3 is 4.90 Å². The molecule has 0 aromatic rings. The molecule has 0 aromatic heterocycles. The molecule has 5 nitrogen and oxygen atoms in total.